The maximum Gasteiger partial charge on any atom is 0.508 e. The fraction of sp³-hybridized carbons (Fsp3) is 0.636. The van der Waals surface area contributed by atoms with Crippen LogP contribution in [0.2, 0.25) is 0 Å². The molecule has 0 aromatic carbocycles. The lowest BCUT2D eigenvalue weighted by atomic mass is 10.2. The standard InChI is InChI=1S/C11H18O5/c1-11(2,3)16-10(13)15-8-6-5-7-9(12)14-4/h5,7H,6,8H2,1-4H3/b7-5+. The molecule has 0 N–H and O–H groups in total. The first kappa shape index (κ1) is 14.5. The number of carbonyl (C=O) groups is 2. The molecule has 16 heavy (non-hydrogen) atoms. The molecule has 0 aliphatic heterocycles. The van der Waals surface area contributed by atoms with E-state index in [-0.39, 0.29) is 6.61 Å². The second-order valence-corrected chi connectivity index (χ2v) is 4.03. The zero-order valence-corrected chi connectivity index (χ0v) is 10.1. The highest BCUT2D eigenvalue weighted by atomic mass is 16.7. The van der Waals surface area contributed by atoms with E-state index in [1.165, 1.54) is 13.2 Å². The fourth-order valence-electron chi connectivity index (χ4n) is 0.737. The summed E-state index contributed by atoms with van der Waals surface area (Å²) in [5, 5.41) is 0. The number of ether oxygens (including phenoxy) is 3. The highest BCUT2D eigenvalue weighted by molar-refractivity contribution is 5.81. The van der Waals surface area contributed by atoms with Crippen molar-refractivity contribution in [1.82, 2.24) is 0 Å². The van der Waals surface area contributed by atoms with Crippen molar-refractivity contribution in [1.29, 1.82) is 0 Å². The van der Waals surface area contributed by atoms with Crippen LogP contribution in [0.3, 0.4) is 0 Å². The molecule has 0 saturated carbocycles. The number of hydrogen-bond acceptors (Lipinski definition) is 5. The Balaban J connectivity index is 3.64. The van der Waals surface area contributed by atoms with Gasteiger partial charge >= 0.3 is 12.1 Å². The molecule has 0 radical (unpaired) electrons. The molecule has 5 nitrogen and oxygen atoms in total. The molecule has 0 bridgehead atoms. The summed E-state index contributed by atoms with van der Waals surface area (Å²) in [6.45, 7) is 5.44. The van der Waals surface area contributed by atoms with Crippen LogP contribution in [0.25, 0.3) is 0 Å². The van der Waals surface area contributed by atoms with Crippen molar-refractivity contribution >= 4 is 12.1 Å². The third kappa shape index (κ3) is 9.05. The van der Waals surface area contributed by atoms with Crippen molar-refractivity contribution in [2.24, 2.45) is 0 Å². The molecule has 5 heteroatoms. The van der Waals surface area contributed by atoms with Gasteiger partial charge < -0.3 is 14.2 Å². The number of rotatable bonds is 4. The van der Waals surface area contributed by atoms with Crippen LogP contribution >= 0.6 is 0 Å². The largest absolute Gasteiger partial charge is 0.508 e. The van der Waals surface area contributed by atoms with Gasteiger partial charge in [-0.2, -0.15) is 0 Å². The Hall–Kier alpha value is -1.52. The maximum atomic E-state index is 11.1. The molecule has 0 aliphatic carbocycles. The fourth-order valence-corrected chi connectivity index (χ4v) is 0.737. The summed E-state index contributed by atoms with van der Waals surface area (Å²) in [4.78, 5) is 21.7. The third-order valence-corrected chi connectivity index (χ3v) is 1.35. The lowest BCUT2D eigenvalue weighted by Crippen LogP contribution is -2.24. The Morgan fingerprint density at radius 3 is 2.38 bits per heavy atom. The van der Waals surface area contributed by atoms with Crippen LogP contribution in [0.15, 0.2) is 12.2 Å². The van der Waals surface area contributed by atoms with Crippen molar-refractivity contribution in [3.05, 3.63) is 12.2 Å². The van der Waals surface area contributed by atoms with Crippen LogP contribution in [-0.4, -0.2) is 31.4 Å². The summed E-state index contributed by atoms with van der Waals surface area (Å²) >= 11 is 0. The van der Waals surface area contributed by atoms with E-state index in [1.807, 2.05) is 0 Å². The maximum absolute atomic E-state index is 11.1. The average molecular weight is 230 g/mol. The Bertz CT molecular complexity index is 262. The van der Waals surface area contributed by atoms with E-state index in [4.69, 9.17) is 9.47 Å². The third-order valence-electron chi connectivity index (χ3n) is 1.35. The Labute approximate surface area is 95.4 Å². The van der Waals surface area contributed by atoms with Gasteiger partial charge in [-0.1, -0.05) is 6.08 Å². The van der Waals surface area contributed by atoms with E-state index < -0.39 is 17.7 Å². The molecule has 0 aromatic heterocycles. The molecule has 0 amide bonds. The quantitative estimate of drug-likeness (QED) is 0.420. The van der Waals surface area contributed by atoms with Gasteiger partial charge in [-0.25, -0.2) is 9.59 Å². The van der Waals surface area contributed by atoms with Gasteiger partial charge in [-0.3, -0.25) is 0 Å². The Kier molecular flexibility index (Phi) is 6.22. The van der Waals surface area contributed by atoms with Crippen LogP contribution < -0.4 is 0 Å². The average Bonchev–Trinajstić information content (AvgIpc) is 2.14. The highest BCUT2D eigenvalue weighted by Crippen LogP contribution is 2.08. The van der Waals surface area contributed by atoms with Gasteiger partial charge in [0.1, 0.15) is 5.60 Å². The summed E-state index contributed by atoms with van der Waals surface area (Å²) in [5.41, 5.74) is -0.557. The van der Waals surface area contributed by atoms with Gasteiger partial charge in [-0.15, -0.1) is 0 Å². The minimum absolute atomic E-state index is 0.169. The first-order chi connectivity index (χ1) is 7.35. The summed E-state index contributed by atoms with van der Waals surface area (Å²) in [7, 11) is 1.30. The normalized spacial score (nSPS) is 11.2. The van der Waals surface area contributed by atoms with Crippen LogP contribution in [0, 0.1) is 0 Å². The lowest BCUT2D eigenvalue weighted by molar-refractivity contribution is -0.134. The molecule has 0 rings (SSSR count). The van der Waals surface area contributed by atoms with E-state index >= 15 is 0 Å². The van der Waals surface area contributed by atoms with Crippen LogP contribution in [-0.2, 0) is 19.0 Å². The minimum Gasteiger partial charge on any atom is -0.466 e. The zero-order chi connectivity index (χ0) is 12.6. The number of carbonyl (C=O) groups excluding carboxylic acids is 2. The topological polar surface area (TPSA) is 61.8 Å². The number of methoxy groups -OCH3 is 1. The molecule has 92 valence electrons. The highest BCUT2D eigenvalue weighted by Gasteiger charge is 2.16. The lowest BCUT2D eigenvalue weighted by Gasteiger charge is -2.18. The molecule has 0 aliphatic rings. The van der Waals surface area contributed by atoms with E-state index in [2.05, 4.69) is 4.74 Å². The summed E-state index contributed by atoms with van der Waals surface area (Å²) in [6, 6.07) is 0. The number of esters is 1. The summed E-state index contributed by atoms with van der Waals surface area (Å²) < 4.78 is 14.1. The Morgan fingerprint density at radius 1 is 1.25 bits per heavy atom. The van der Waals surface area contributed by atoms with E-state index in [1.54, 1.807) is 26.8 Å². The summed E-state index contributed by atoms with van der Waals surface area (Å²) in [5.74, 6) is -0.433. The van der Waals surface area contributed by atoms with Crippen LogP contribution in [0.4, 0.5) is 4.79 Å². The van der Waals surface area contributed by atoms with E-state index in [0.29, 0.717) is 6.42 Å². The summed E-state index contributed by atoms with van der Waals surface area (Å²) in [6.07, 6.45) is 2.57. The molecule has 0 saturated heterocycles. The van der Waals surface area contributed by atoms with Gasteiger partial charge in [0.05, 0.1) is 13.7 Å². The van der Waals surface area contributed by atoms with E-state index in [0.717, 1.165) is 0 Å². The second kappa shape index (κ2) is 6.87. The second-order valence-electron chi connectivity index (χ2n) is 4.03. The van der Waals surface area contributed by atoms with Crippen LogP contribution in [0.1, 0.15) is 27.2 Å². The van der Waals surface area contributed by atoms with Crippen molar-refractivity contribution in [3.8, 4) is 0 Å². The Morgan fingerprint density at radius 2 is 1.88 bits per heavy atom. The van der Waals surface area contributed by atoms with Gasteiger partial charge in [0.25, 0.3) is 0 Å². The molecular formula is C11H18O5. The van der Waals surface area contributed by atoms with E-state index in [9.17, 15) is 9.59 Å². The predicted octanol–water partition coefficient (Wildman–Crippen LogP) is 2.06. The van der Waals surface area contributed by atoms with Gasteiger partial charge in [0.2, 0.25) is 0 Å². The molecular weight excluding hydrogens is 212 g/mol. The van der Waals surface area contributed by atoms with Crippen LogP contribution in [0.5, 0.6) is 0 Å². The minimum atomic E-state index is -0.709. The smallest absolute Gasteiger partial charge is 0.466 e. The van der Waals surface area contributed by atoms with Gasteiger partial charge in [0, 0.05) is 12.5 Å². The molecule has 0 spiro atoms. The molecule has 0 aromatic rings. The molecule has 0 atom stereocenters. The van der Waals surface area contributed by atoms with Crippen molar-refractivity contribution in [3.63, 3.8) is 0 Å². The zero-order valence-electron chi connectivity index (χ0n) is 10.1. The molecule has 0 fully saturated rings. The predicted molar refractivity (Wildman–Crippen MR) is 58.0 cm³/mol. The first-order valence-electron chi connectivity index (χ1n) is 4.95. The van der Waals surface area contributed by atoms with Gasteiger partial charge in [-0.05, 0) is 20.8 Å². The monoisotopic (exact) mass is 230 g/mol. The molecule has 0 heterocycles. The first-order valence-corrected chi connectivity index (χ1v) is 4.95. The SMILES string of the molecule is COC(=O)/C=C/CCOC(=O)OC(C)(C)C. The number of hydrogen-bond donors (Lipinski definition) is 0. The van der Waals surface area contributed by atoms with Crippen molar-refractivity contribution < 1.29 is 23.8 Å². The van der Waals surface area contributed by atoms with Crippen molar-refractivity contribution in [2.45, 2.75) is 32.8 Å². The molecule has 0 unspecified atom stereocenters. The van der Waals surface area contributed by atoms with Gasteiger partial charge in [0.15, 0.2) is 0 Å². The van der Waals surface area contributed by atoms with Crippen molar-refractivity contribution in [2.75, 3.05) is 13.7 Å².